The van der Waals surface area contributed by atoms with E-state index in [1.807, 2.05) is 7.05 Å². The summed E-state index contributed by atoms with van der Waals surface area (Å²) in [6, 6.07) is 6.66. The lowest BCUT2D eigenvalue weighted by atomic mass is 10.1. The molecule has 0 fully saturated rings. The number of anilines is 1. The van der Waals surface area contributed by atoms with Gasteiger partial charge in [0.2, 0.25) is 0 Å². The Kier molecular flexibility index (Phi) is 2.00. The van der Waals surface area contributed by atoms with Gasteiger partial charge in [0.1, 0.15) is 0 Å². The second-order valence-corrected chi connectivity index (χ2v) is 3.20. The average Bonchev–Trinajstić information content (AvgIpc) is 2.51. The first-order valence-electron chi connectivity index (χ1n) is 4.40. The molecule has 0 amide bonds. The van der Waals surface area contributed by atoms with Crippen LogP contribution >= 0.6 is 0 Å². The molecule has 1 aromatic carbocycles. The van der Waals surface area contributed by atoms with Gasteiger partial charge in [0.05, 0.1) is 0 Å². The van der Waals surface area contributed by atoms with Gasteiger partial charge < -0.3 is 10.6 Å². The van der Waals surface area contributed by atoms with E-state index in [2.05, 4.69) is 28.8 Å². The summed E-state index contributed by atoms with van der Waals surface area (Å²) >= 11 is 0. The van der Waals surface area contributed by atoms with Crippen molar-refractivity contribution in [3.63, 3.8) is 0 Å². The zero-order valence-corrected chi connectivity index (χ0v) is 7.35. The summed E-state index contributed by atoms with van der Waals surface area (Å²) in [5, 5.41) is 6.52. The molecule has 2 heteroatoms. The smallest absolute Gasteiger partial charge is 0.0376 e. The topological polar surface area (TPSA) is 24.1 Å². The van der Waals surface area contributed by atoms with Gasteiger partial charge in [0.15, 0.2) is 0 Å². The summed E-state index contributed by atoms with van der Waals surface area (Å²) in [6.45, 7) is 2.05. The number of nitrogens with one attached hydrogen (secondary N) is 2. The molecule has 12 heavy (non-hydrogen) atoms. The van der Waals surface area contributed by atoms with Gasteiger partial charge in [-0.3, -0.25) is 0 Å². The van der Waals surface area contributed by atoms with Crippen LogP contribution in [-0.2, 0) is 13.0 Å². The highest BCUT2D eigenvalue weighted by Gasteiger charge is 2.08. The molecule has 2 rings (SSSR count). The Balaban J connectivity index is 2.26. The Morgan fingerprint density at radius 3 is 3.25 bits per heavy atom. The minimum atomic E-state index is 0.953. The molecule has 0 saturated heterocycles. The second kappa shape index (κ2) is 3.15. The fourth-order valence-corrected chi connectivity index (χ4v) is 1.65. The molecule has 0 aliphatic carbocycles. The maximum absolute atomic E-state index is 3.37. The number of benzene rings is 1. The van der Waals surface area contributed by atoms with Crippen LogP contribution in [-0.4, -0.2) is 13.6 Å². The van der Waals surface area contributed by atoms with Crippen LogP contribution in [0.25, 0.3) is 0 Å². The van der Waals surface area contributed by atoms with Crippen LogP contribution in [0.4, 0.5) is 5.69 Å². The van der Waals surface area contributed by atoms with Crippen LogP contribution in [0, 0.1) is 0 Å². The van der Waals surface area contributed by atoms with Gasteiger partial charge >= 0.3 is 0 Å². The third-order valence-electron chi connectivity index (χ3n) is 2.26. The molecule has 2 nitrogen and oxygen atoms in total. The Bertz CT molecular complexity index is 281. The van der Waals surface area contributed by atoms with E-state index in [9.17, 15) is 0 Å². The van der Waals surface area contributed by atoms with Crippen LogP contribution in [0.1, 0.15) is 11.1 Å². The fraction of sp³-hybridized carbons (Fsp3) is 0.400. The van der Waals surface area contributed by atoms with Crippen LogP contribution in [0.3, 0.4) is 0 Å². The van der Waals surface area contributed by atoms with Gasteiger partial charge in [-0.25, -0.2) is 0 Å². The molecular weight excluding hydrogens is 148 g/mol. The van der Waals surface area contributed by atoms with E-state index in [-0.39, 0.29) is 0 Å². The van der Waals surface area contributed by atoms with E-state index < -0.39 is 0 Å². The van der Waals surface area contributed by atoms with Crippen molar-refractivity contribution in [3.8, 4) is 0 Å². The normalized spacial score (nSPS) is 14.1. The minimum absolute atomic E-state index is 0.953. The number of hydrogen-bond donors (Lipinski definition) is 2. The number of fused-ring (bicyclic) bond motifs is 1. The Morgan fingerprint density at radius 2 is 2.42 bits per heavy atom. The molecular formula is C10H14N2. The Labute approximate surface area is 73.0 Å². The zero-order chi connectivity index (χ0) is 8.39. The highest BCUT2D eigenvalue weighted by Crippen LogP contribution is 2.22. The largest absolute Gasteiger partial charge is 0.384 e. The first-order chi connectivity index (χ1) is 5.90. The lowest BCUT2D eigenvalue weighted by Crippen LogP contribution is -2.05. The summed E-state index contributed by atoms with van der Waals surface area (Å²) in [4.78, 5) is 0. The molecule has 64 valence electrons. The van der Waals surface area contributed by atoms with Gasteiger partial charge in [0.25, 0.3) is 0 Å². The van der Waals surface area contributed by atoms with E-state index in [0.29, 0.717) is 0 Å². The molecule has 1 aliphatic rings. The number of rotatable bonds is 2. The van der Waals surface area contributed by atoms with Gasteiger partial charge in [-0.1, -0.05) is 12.1 Å². The second-order valence-electron chi connectivity index (χ2n) is 3.20. The molecule has 0 spiro atoms. The highest BCUT2D eigenvalue weighted by atomic mass is 14.9. The van der Waals surface area contributed by atoms with E-state index in [0.717, 1.165) is 13.1 Å². The van der Waals surface area contributed by atoms with Crippen molar-refractivity contribution < 1.29 is 0 Å². The van der Waals surface area contributed by atoms with Gasteiger partial charge in [-0.2, -0.15) is 0 Å². The first-order valence-corrected chi connectivity index (χ1v) is 4.40. The third kappa shape index (κ3) is 1.30. The van der Waals surface area contributed by atoms with E-state index >= 15 is 0 Å². The van der Waals surface area contributed by atoms with Gasteiger partial charge in [-0.05, 0) is 30.7 Å². The summed E-state index contributed by atoms with van der Waals surface area (Å²) < 4.78 is 0. The molecule has 0 saturated carbocycles. The minimum Gasteiger partial charge on any atom is -0.384 e. The average molecular weight is 162 g/mol. The molecule has 2 N–H and O–H groups in total. The van der Waals surface area contributed by atoms with Crippen LogP contribution in [0.5, 0.6) is 0 Å². The summed E-state index contributed by atoms with van der Waals surface area (Å²) in [5.74, 6) is 0. The maximum atomic E-state index is 3.37. The molecule has 0 bridgehead atoms. The first kappa shape index (κ1) is 7.62. The Morgan fingerprint density at radius 1 is 1.50 bits per heavy atom. The zero-order valence-electron chi connectivity index (χ0n) is 7.35. The van der Waals surface area contributed by atoms with Crippen molar-refractivity contribution in [3.05, 3.63) is 29.3 Å². The predicted octanol–water partition coefficient (Wildman–Crippen LogP) is 1.37. The SMILES string of the molecule is CNCc1ccc2c(c1)NCC2. The van der Waals surface area contributed by atoms with Crippen molar-refractivity contribution in [2.75, 3.05) is 18.9 Å². The molecule has 0 radical (unpaired) electrons. The van der Waals surface area contributed by atoms with E-state index in [1.54, 1.807) is 0 Å². The van der Waals surface area contributed by atoms with Crippen molar-refractivity contribution >= 4 is 5.69 Å². The highest BCUT2D eigenvalue weighted by molar-refractivity contribution is 5.56. The van der Waals surface area contributed by atoms with Crippen molar-refractivity contribution in [2.45, 2.75) is 13.0 Å². The number of hydrogen-bond acceptors (Lipinski definition) is 2. The lowest BCUT2D eigenvalue weighted by Gasteiger charge is -2.03. The van der Waals surface area contributed by atoms with E-state index in [1.165, 1.54) is 23.2 Å². The third-order valence-corrected chi connectivity index (χ3v) is 2.26. The standard InChI is InChI=1S/C10H14N2/c1-11-7-8-2-3-9-4-5-12-10(9)6-8/h2-3,6,11-12H,4-5,7H2,1H3. The maximum Gasteiger partial charge on any atom is 0.0376 e. The van der Waals surface area contributed by atoms with Crippen LogP contribution < -0.4 is 10.6 Å². The summed E-state index contributed by atoms with van der Waals surface area (Å²) in [6.07, 6.45) is 1.18. The van der Waals surface area contributed by atoms with Gasteiger partial charge in [0, 0.05) is 18.8 Å². The van der Waals surface area contributed by atoms with E-state index in [4.69, 9.17) is 0 Å². The molecule has 0 unspecified atom stereocenters. The molecule has 0 aromatic heterocycles. The Hall–Kier alpha value is -1.02. The quantitative estimate of drug-likeness (QED) is 0.686. The van der Waals surface area contributed by atoms with Crippen molar-refractivity contribution in [2.24, 2.45) is 0 Å². The summed E-state index contributed by atoms with van der Waals surface area (Å²) in [5.41, 5.74) is 4.13. The monoisotopic (exact) mass is 162 g/mol. The summed E-state index contributed by atoms with van der Waals surface area (Å²) in [7, 11) is 1.97. The predicted molar refractivity (Wildman–Crippen MR) is 51.4 cm³/mol. The molecule has 1 aromatic rings. The fourth-order valence-electron chi connectivity index (χ4n) is 1.65. The molecule has 1 heterocycles. The molecule has 1 aliphatic heterocycles. The lowest BCUT2D eigenvalue weighted by molar-refractivity contribution is 0.818. The van der Waals surface area contributed by atoms with Crippen molar-refractivity contribution in [1.29, 1.82) is 0 Å². The van der Waals surface area contributed by atoms with Gasteiger partial charge in [-0.15, -0.1) is 0 Å². The van der Waals surface area contributed by atoms with Crippen molar-refractivity contribution in [1.82, 2.24) is 5.32 Å². The van der Waals surface area contributed by atoms with Crippen LogP contribution in [0.2, 0.25) is 0 Å². The molecule has 0 atom stereocenters. The van der Waals surface area contributed by atoms with Crippen LogP contribution in [0.15, 0.2) is 18.2 Å².